The van der Waals surface area contributed by atoms with E-state index >= 15 is 0 Å². The summed E-state index contributed by atoms with van der Waals surface area (Å²) < 4.78 is 0. The molecule has 1 aliphatic rings. The van der Waals surface area contributed by atoms with Gasteiger partial charge in [0.15, 0.2) is 0 Å². The Morgan fingerprint density at radius 2 is 2.00 bits per heavy atom. The van der Waals surface area contributed by atoms with Gasteiger partial charge in [0.25, 0.3) is 0 Å². The first-order valence-corrected chi connectivity index (χ1v) is 5.38. The molecular formula is C12H15N3O2. The zero-order valence-electron chi connectivity index (χ0n) is 10.2. The molecule has 0 unspecified atom stereocenters. The molecule has 1 heterocycles. The number of urea groups is 1. The molecule has 17 heavy (non-hydrogen) atoms. The van der Waals surface area contributed by atoms with Crippen molar-refractivity contribution in [3.05, 3.63) is 23.8 Å². The third kappa shape index (κ3) is 2.08. The maximum Gasteiger partial charge on any atom is 0.329 e. The molecule has 1 aliphatic heterocycles. The van der Waals surface area contributed by atoms with Gasteiger partial charge >= 0.3 is 6.03 Å². The van der Waals surface area contributed by atoms with Gasteiger partial charge in [-0.3, -0.25) is 15.0 Å². The monoisotopic (exact) mass is 233 g/mol. The molecule has 1 aromatic rings. The van der Waals surface area contributed by atoms with Crippen LogP contribution in [0.1, 0.15) is 5.56 Å². The Kier molecular flexibility index (Phi) is 2.75. The summed E-state index contributed by atoms with van der Waals surface area (Å²) in [5, 5.41) is 2.26. The number of rotatable bonds is 2. The molecule has 90 valence electrons. The van der Waals surface area contributed by atoms with Crippen LogP contribution in [0.2, 0.25) is 0 Å². The number of amides is 3. The van der Waals surface area contributed by atoms with Crippen molar-refractivity contribution in [2.75, 3.05) is 30.4 Å². The van der Waals surface area contributed by atoms with Crippen molar-refractivity contribution in [3.63, 3.8) is 0 Å². The number of imide groups is 1. The van der Waals surface area contributed by atoms with Crippen LogP contribution < -0.4 is 15.1 Å². The van der Waals surface area contributed by atoms with Crippen LogP contribution in [-0.4, -0.2) is 32.6 Å². The summed E-state index contributed by atoms with van der Waals surface area (Å²) in [4.78, 5) is 26.1. The van der Waals surface area contributed by atoms with Crippen molar-refractivity contribution in [1.29, 1.82) is 0 Å². The Bertz CT molecular complexity index is 483. The number of nitrogens with zero attached hydrogens (tertiary/aromatic N) is 2. The van der Waals surface area contributed by atoms with Gasteiger partial charge in [-0.25, -0.2) is 4.79 Å². The first-order chi connectivity index (χ1) is 7.99. The molecule has 1 aromatic carbocycles. The van der Waals surface area contributed by atoms with Crippen LogP contribution >= 0.6 is 0 Å². The SMILES string of the molecule is Cc1ccc(N2CC(=O)NC2=O)cc1N(C)C. The lowest BCUT2D eigenvalue weighted by atomic mass is 10.1. The minimum Gasteiger partial charge on any atom is -0.377 e. The van der Waals surface area contributed by atoms with Gasteiger partial charge in [-0.15, -0.1) is 0 Å². The smallest absolute Gasteiger partial charge is 0.329 e. The fourth-order valence-electron chi connectivity index (χ4n) is 1.90. The number of carbonyl (C=O) groups excluding carboxylic acids is 2. The second-order valence-corrected chi connectivity index (χ2v) is 4.30. The quantitative estimate of drug-likeness (QED) is 0.779. The van der Waals surface area contributed by atoms with Crippen molar-refractivity contribution >= 4 is 23.3 Å². The molecule has 1 saturated heterocycles. The first-order valence-electron chi connectivity index (χ1n) is 5.38. The zero-order chi connectivity index (χ0) is 12.6. The highest BCUT2D eigenvalue weighted by Crippen LogP contribution is 2.26. The zero-order valence-corrected chi connectivity index (χ0v) is 10.2. The molecule has 5 nitrogen and oxygen atoms in total. The van der Waals surface area contributed by atoms with E-state index in [2.05, 4.69) is 5.32 Å². The molecule has 0 bridgehead atoms. The van der Waals surface area contributed by atoms with E-state index in [1.54, 1.807) is 0 Å². The summed E-state index contributed by atoms with van der Waals surface area (Å²) in [6, 6.07) is 5.35. The summed E-state index contributed by atoms with van der Waals surface area (Å²) in [5.41, 5.74) is 2.90. The molecule has 0 radical (unpaired) electrons. The van der Waals surface area contributed by atoms with Gasteiger partial charge in [-0.1, -0.05) is 6.07 Å². The van der Waals surface area contributed by atoms with Gasteiger partial charge in [-0.05, 0) is 24.6 Å². The van der Waals surface area contributed by atoms with E-state index in [1.807, 2.05) is 44.1 Å². The van der Waals surface area contributed by atoms with Crippen molar-refractivity contribution in [3.8, 4) is 0 Å². The third-order valence-electron chi connectivity index (χ3n) is 2.78. The van der Waals surface area contributed by atoms with Crippen molar-refractivity contribution in [2.45, 2.75) is 6.92 Å². The van der Waals surface area contributed by atoms with E-state index in [0.29, 0.717) is 0 Å². The maximum absolute atomic E-state index is 11.5. The van der Waals surface area contributed by atoms with E-state index in [-0.39, 0.29) is 18.5 Å². The van der Waals surface area contributed by atoms with Crippen LogP contribution in [0.3, 0.4) is 0 Å². The number of carbonyl (C=O) groups is 2. The molecule has 3 amide bonds. The highest BCUT2D eigenvalue weighted by Gasteiger charge is 2.28. The number of nitrogens with one attached hydrogen (secondary N) is 1. The Balaban J connectivity index is 2.37. The second-order valence-electron chi connectivity index (χ2n) is 4.30. The topological polar surface area (TPSA) is 52.7 Å². The standard InChI is InChI=1S/C12H15N3O2/c1-8-4-5-9(6-10(8)14(2)3)15-7-11(16)13-12(15)17/h4-6H,7H2,1-3H3,(H,13,16,17). The highest BCUT2D eigenvalue weighted by molar-refractivity contribution is 6.12. The maximum atomic E-state index is 11.5. The van der Waals surface area contributed by atoms with Crippen LogP contribution in [0.4, 0.5) is 16.2 Å². The summed E-state index contributed by atoms with van der Waals surface area (Å²) in [6.45, 7) is 2.10. The average Bonchev–Trinajstić information content (AvgIpc) is 2.58. The largest absolute Gasteiger partial charge is 0.377 e. The lowest BCUT2D eigenvalue weighted by Gasteiger charge is -2.20. The Labute approximate surface area is 100 Å². The normalized spacial score (nSPS) is 15.1. The second kappa shape index (κ2) is 4.08. The summed E-state index contributed by atoms with van der Waals surface area (Å²) in [6.07, 6.45) is 0. The molecule has 1 N–H and O–H groups in total. The van der Waals surface area contributed by atoms with Gasteiger partial charge < -0.3 is 4.90 Å². The molecule has 2 rings (SSSR count). The fourth-order valence-corrected chi connectivity index (χ4v) is 1.90. The van der Waals surface area contributed by atoms with E-state index < -0.39 is 0 Å². The summed E-state index contributed by atoms with van der Waals surface area (Å²) in [5.74, 6) is -0.262. The number of hydrogen-bond donors (Lipinski definition) is 1. The van der Waals surface area contributed by atoms with E-state index in [9.17, 15) is 9.59 Å². The molecular weight excluding hydrogens is 218 g/mol. The first kappa shape index (κ1) is 11.4. The highest BCUT2D eigenvalue weighted by atomic mass is 16.2. The van der Waals surface area contributed by atoms with Crippen molar-refractivity contribution < 1.29 is 9.59 Å². The molecule has 5 heteroatoms. The minimum absolute atomic E-state index is 0.0920. The van der Waals surface area contributed by atoms with Crippen LogP contribution in [-0.2, 0) is 4.79 Å². The predicted molar refractivity (Wildman–Crippen MR) is 66.4 cm³/mol. The van der Waals surface area contributed by atoms with Crippen LogP contribution in [0.15, 0.2) is 18.2 Å². The number of anilines is 2. The summed E-state index contributed by atoms with van der Waals surface area (Å²) in [7, 11) is 3.89. The van der Waals surface area contributed by atoms with Gasteiger partial charge in [0.05, 0.1) is 0 Å². The Morgan fingerprint density at radius 3 is 2.53 bits per heavy atom. The lowest BCUT2D eigenvalue weighted by molar-refractivity contribution is -0.117. The number of hydrogen-bond acceptors (Lipinski definition) is 3. The van der Waals surface area contributed by atoms with Gasteiger partial charge in [0, 0.05) is 25.5 Å². The van der Waals surface area contributed by atoms with Gasteiger partial charge in [-0.2, -0.15) is 0 Å². The molecule has 0 saturated carbocycles. The third-order valence-corrected chi connectivity index (χ3v) is 2.78. The molecule has 0 spiro atoms. The Hall–Kier alpha value is -2.04. The van der Waals surface area contributed by atoms with Crippen LogP contribution in [0.5, 0.6) is 0 Å². The Morgan fingerprint density at radius 1 is 1.29 bits per heavy atom. The van der Waals surface area contributed by atoms with Crippen LogP contribution in [0, 0.1) is 6.92 Å². The van der Waals surface area contributed by atoms with Crippen LogP contribution in [0.25, 0.3) is 0 Å². The number of benzene rings is 1. The lowest BCUT2D eigenvalue weighted by Crippen LogP contribution is -2.28. The van der Waals surface area contributed by atoms with Gasteiger partial charge in [0.1, 0.15) is 6.54 Å². The fraction of sp³-hybridized carbons (Fsp3) is 0.333. The number of aryl methyl sites for hydroxylation is 1. The molecule has 1 fully saturated rings. The van der Waals surface area contributed by atoms with E-state index in [1.165, 1.54) is 4.90 Å². The van der Waals surface area contributed by atoms with E-state index in [0.717, 1.165) is 16.9 Å². The van der Waals surface area contributed by atoms with Gasteiger partial charge in [0.2, 0.25) is 5.91 Å². The predicted octanol–water partition coefficient (Wildman–Crippen LogP) is 1.12. The summed E-state index contributed by atoms with van der Waals surface area (Å²) >= 11 is 0. The average molecular weight is 233 g/mol. The van der Waals surface area contributed by atoms with Crippen molar-refractivity contribution in [2.24, 2.45) is 0 Å². The molecule has 0 aliphatic carbocycles. The van der Waals surface area contributed by atoms with Crippen molar-refractivity contribution in [1.82, 2.24) is 5.32 Å². The molecule has 0 aromatic heterocycles. The van der Waals surface area contributed by atoms with E-state index in [4.69, 9.17) is 0 Å². The molecule has 0 atom stereocenters. The minimum atomic E-state index is -0.358.